The Hall–Kier alpha value is -1.09. The van der Waals surface area contributed by atoms with Gasteiger partial charge in [0.05, 0.1) is 5.69 Å². The van der Waals surface area contributed by atoms with Gasteiger partial charge in [0.2, 0.25) is 0 Å². The van der Waals surface area contributed by atoms with Crippen LogP contribution in [0.25, 0.3) is 0 Å². The van der Waals surface area contributed by atoms with Crippen LogP contribution in [0.5, 0.6) is 0 Å². The van der Waals surface area contributed by atoms with Gasteiger partial charge in [-0.3, -0.25) is 0 Å². The smallest absolute Gasteiger partial charge is 0.133 e. The van der Waals surface area contributed by atoms with Crippen molar-refractivity contribution in [2.24, 2.45) is 0 Å². The topological polar surface area (TPSA) is 26.0 Å². The van der Waals surface area contributed by atoms with Crippen molar-refractivity contribution in [1.29, 1.82) is 0 Å². The van der Waals surface area contributed by atoms with Gasteiger partial charge in [-0.05, 0) is 38.8 Å². The fraction of sp³-hybridized carbons (Fsp3) is 0.364. The van der Waals surface area contributed by atoms with Crippen LogP contribution < -0.4 is 0 Å². The third kappa shape index (κ3) is 2.23. The Morgan fingerprint density at radius 2 is 2.14 bits per heavy atom. The summed E-state index contributed by atoms with van der Waals surface area (Å²) in [6.07, 6.45) is 2.03. The first kappa shape index (κ1) is 9.46. The molecule has 0 unspecified atom stereocenters. The first-order valence-electron chi connectivity index (χ1n) is 4.71. The summed E-state index contributed by atoms with van der Waals surface area (Å²) in [7, 11) is 0. The molecular formula is C11H13NOS. The maximum absolute atomic E-state index is 5.01. The number of nitrogens with zero attached hydrogens (tertiary/aromatic N) is 1. The summed E-state index contributed by atoms with van der Waals surface area (Å²) in [6.45, 7) is 4.06. The molecule has 0 radical (unpaired) electrons. The number of hydrogen-bond donors (Lipinski definition) is 0. The monoisotopic (exact) mass is 207 g/mol. The van der Waals surface area contributed by atoms with E-state index < -0.39 is 0 Å². The Kier molecular flexibility index (Phi) is 2.68. The third-order valence-corrected chi connectivity index (χ3v) is 3.16. The normalized spacial score (nSPS) is 10.7. The summed E-state index contributed by atoms with van der Waals surface area (Å²) in [4.78, 5) is 2.79. The van der Waals surface area contributed by atoms with E-state index in [0.29, 0.717) is 0 Å². The van der Waals surface area contributed by atoms with Gasteiger partial charge in [0, 0.05) is 15.8 Å². The zero-order valence-electron chi connectivity index (χ0n) is 8.41. The second kappa shape index (κ2) is 3.96. The summed E-state index contributed by atoms with van der Waals surface area (Å²) in [5.74, 6) is 0.891. The lowest BCUT2D eigenvalue weighted by atomic mass is 10.2. The number of aromatic nitrogens is 1. The summed E-state index contributed by atoms with van der Waals surface area (Å²) in [5, 5.41) is 3.97. The molecule has 0 atom stereocenters. The Balaban J connectivity index is 1.94. The minimum absolute atomic E-state index is 0.891. The van der Waals surface area contributed by atoms with Gasteiger partial charge in [-0.15, -0.1) is 11.3 Å². The average Bonchev–Trinajstić information content (AvgIpc) is 2.72. The molecule has 2 aromatic heterocycles. The zero-order chi connectivity index (χ0) is 9.97. The van der Waals surface area contributed by atoms with Crippen molar-refractivity contribution in [2.75, 3.05) is 0 Å². The highest BCUT2D eigenvalue weighted by Crippen LogP contribution is 2.17. The van der Waals surface area contributed by atoms with E-state index in [1.807, 2.05) is 24.3 Å². The van der Waals surface area contributed by atoms with Crippen LogP contribution in [-0.2, 0) is 12.8 Å². The molecule has 0 aliphatic carbocycles. The molecule has 74 valence electrons. The molecule has 0 saturated heterocycles. The van der Waals surface area contributed by atoms with Gasteiger partial charge in [0.25, 0.3) is 0 Å². The van der Waals surface area contributed by atoms with E-state index in [-0.39, 0.29) is 0 Å². The minimum atomic E-state index is 0.891. The van der Waals surface area contributed by atoms with E-state index in [4.69, 9.17) is 4.52 Å². The van der Waals surface area contributed by atoms with Crippen molar-refractivity contribution in [1.82, 2.24) is 5.16 Å². The standard InChI is InChI=1S/C11H13NOS/c1-8-7-10(12-13-8)4-6-11-5-3-9(2)14-11/h3,5,7H,4,6H2,1-2H3. The van der Waals surface area contributed by atoms with Crippen LogP contribution in [0.15, 0.2) is 22.7 Å². The van der Waals surface area contributed by atoms with E-state index in [2.05, 4.69) is 24.2 Å². The maximum Gasteiger partial charge on any atom is 0.133 e. The van der Waals surface area contributed by atoms with Gasteiger partial charge < -0.3 is 4.52 Å². The van der Waals surface area contributed by atoms with E-state index in [0.717, 1.165) is 24.3 Å². The molecule has 0 aromatic carbocycles. The van der Waals surface area contributed by atoms with E-state index in [1.54, 1.807) is 0 Å². The predicted octanol–water partition coefficient (Wildman–Crippen LogP) is 3.14. The molecule has 3 heteroatoms. The van der Waals surface area contributed by atoms with Gasteiger partial charge >= 0.3 is 0 Å². The molecule has 14 heavy (non-hydrogen) atoms. The fourth-order valence-corrected chi connectivity index (χ4v) is 2.30. The number of rotatable bonds is 3. The number of thiophene rings is 1. The van der Waals surface area contributed by atoms with E-state index >= 15 is 0 Å². The highest BCUT2D eigenvalue weighted by atomic mass is 32.1. The Morgan fingerprint density at radius 3 is 2.71 bits per heavy atom. The van der Waals surface area contributed by atoms with Crippen LogP contribution in [-0.4, -0.2) is 5.16 Å². The second-order valence-corrected chi connectivity index (χ2v) is 4.81. The Morgan fingerprint density at radius 1 is 1.29 bits per heavy atom. The van der Waals surface area contributed by atoms with Crippen LogP contribution in [0.1, 0.15) is 21.2 Å². The highest BCUT2D eigenvalue weighted by Gasteiger charge is 2.02. The molecule has 0 fully saturated rings. The summed E-state index contributed by atoms with van der Waals surface area (Å²) >= 11 is 1.86. The fourth-order valence-electron chi connectivity index (χ4n) is 1.41. The van der Waals surface area contributed by atoms with Gasteiger partial charge in [-0.2, -0.15) is 0 Å². The Labute approximate surface area is 87.6 Å². The number of aryl methyl sites for hydroxylation is 4. The van der Waals surface area contributed by atoms with Crippen LogP contribution in [0.2, 0.25) is 0 Å². The van der Waals surface area contributed by atoms with E-state index in [9.17, 15) is 0 Å². The largest absolute Gasteiger partial charge is 0.361 e. The van der Waals surface area contributed by atoms with Crippen molar-refractivity contribution < 1.29 is 4.52 Å². The summed E-state index contributed by atoms with van der Waals surface area (Å²) < 4.78 is 5.01. The molecule has 0 aliphatic heterocycles. The molecule has 2 heterocycles. The van der Waals surface area contributed by atoms with Crippen molar-refractivity contribution in [3.63, 3.8) is 0 Å². The average molecular weight is 207 g/mol. The molecule has 2 aromatic rings. The molecule has 0 saturated carbocycles. The minimum Gasteiger partial charge on any atom is -0.361 e. The molecule has 0 N–H and O–H groups in total. The molecular weight excluding hydrogens is 194 g/mol. The lowest BCUT2D eigenvalue weighted by Crippen LogP contribution is -1.87. The zero-order valence-corrected chi connectivity index (χ0v) is 9.23. The van der Waals surface area contributed by atoms with Crippen molar-refractivity contribution >= 4 is 11.3 Å². The van der Waals surface area contributed by atoms with Gasteiger partial charge in [0.1, 0.15) is 5.76 Å². The molecule has 0 bridgehead atoms. The SMILES string of the molecule is Cc1cc(CCc2ccc(C)s2)no1. The van der Waals surface area contributed by atoms with Gasteiger partial charge in [-0.25, -0.2) is 0 Å². The summed E-state index contributed by atoms with van der Waals surface area (Å²) in [5.41, 5.74) is 1.05. The first-order valence-corrected chi connectivity index (χ1v) is 5.53. The van der Waals surface area contributed by atoms with Crippen LogP contribution >= 0.6 is 11.3 Å². The molecule has 0 aliphatic rings. The number of hydrogen-bond acceptors (Lipinski definition) is 3. The van der Waals surface area contributed by atoms with Crippen LogP contribution in [0.4, 0.5) is 0 Å². The van der Waals surface area contributed by atoms with Crippen molar-refractivity contribution in [2.45, 2.75) is 26.7 Å². The quantitative estimate of drug-likeness (QED) is 0.772. The van der Waals surface area contributed by atoms with Crippen LogP contribution in [0, 0.1) is 13.8 Å². The lowest BCUT2D eigenvalue weighted by molar-refractivity contribution is 0.390. The molecule has 2 rings (SSSR count). The second-order valence-electron chi connectivity index (χ2n) is 3.44. The Bertz CT molecular complexity index is 376. The highest BCUT2D eigenvalue weighted by molar-refractivity contribution is 7.11. The first-order chi connectivity index (χ1) is 6.74. The lowest BCUT2D eigenvalue weighted by Gasteiger charge is -1.92. The molecule has 0 amide bonds. The third-order valence-electron chi connectivity index (χ3n) is 2.10. The van der Waals surface area contributed by atoms with Crippen LogP contribution in [0.3, 0.4) is 0 Å². The van der Waals surface area contributed by atoms with Crippen molar-refractivity contribution in [3.05, 3.63) is 39.4 Å². The molecule has 0 spiro atoms. The molecule has 2 nitrogen and oxygen atoms in total. The maximum atomic E-state index is 5.01. The van der Waals surface area contributed by atoms with E-state index in [1.165, 1.54) is 9.75 Å². The van der Waals surface area contributed by atoms with Gasteiger partial charge in [-0.1, -0.05) is 5.16 Å². The van der Waals surface area contributed by atoms with Gasteiger partial charge in [0.15, 0.2) is 0 Å². The summed E-state index contributed by atoms with van der Waals surface area (Å²) in [6, 6.07) is 6.35. The predicted molar refractivity (Wildman–Crippen MR) is 57.7 cm³/mol. The van der Waals surface area contributed by atoms with Crippen molar-refractivity contribution in [3.8, 4) is 0 Å².